The molecule has 0 unspecified atom stereocenters. The summed E-state index contributed by atoms with van der Waals surface area (Å²) in [5, 5.41) is 2.54. The number of fused-ring (bicyclic) bond motifs is 5. The quantitative estimate of drug-likeness (QED) is 0.169. The summed E-state index contributed by atoms with van der Waals surface area (Å²) in [6, 6.07) is 58.4. The van der Waals surface area contributed by atoms with Crippen LogP contribution in [0.1, 0.15) is 94.9 Å². The van der Waals surface area contributed by atoms with Crippen LogP contribution in [0.15, 0.2) is 152 Å². The number of rotatable bonds is 5. The number of hydrogen-bond acceptors (Lipinski definition) is 1. The number of nitrogens with zero attached hydrogens (tertiary/aromatic N) is 1. The minimum absolute atomic E-state index is 0.115. The van der Waals surface area contributed by atoms with Crippen molar-refractivity contribution >= 4 is 27.8 Å². The van der Waals surface area contributed by atoms with Crippen LogP contribution in [0.2, 0.25) is 0 Å². The summed E-state index contributed by atoms with van der Waals surface area (Å²) in [7, 11) is 0. The summed E-state index contributed by atoms with van der Waals surface area (Å²) >= 11 is 0. The molecule has 1 nitrogen and oxygen atoms in total. The average Bonchev–Trinajstić information content (AvgIpc) is 3.56. The molecule has 0 atom stereocenters. The zero-order valence-corrected chi connectivity index (χ0v) is 35.1. The largest absolute Gasteiger partial charge is 0.310 e. The molecule has 4 saturated carbocycles. The SMILES string of the molecule is CC1(C)CCC(C)(C)c2cc(N(c3ccc(-c4ccc5cc(-c6ccccc6)ccc5c4)cc3)c3cccc4c3-c3ccccc3C43C4CC5CC(C4)CC3C5)ccc21. The molecule has 0 aliphatic heterocycles. The lowest BCUT2D eigenvalue weighted by atomic mass is 9.43. The van der Waals surface area contributed by atoms with Gasteiger partial charge >= 0.3 is 0 Å². The van der Waals surface area contributed by atoms with Crippen LogP contribution in [-0.4, -0.2) is 0 Å². The minimum Gasteiger partial charge on any atom is -0.310 e. The molecule has 1 heteroatoms. The molecule has 7 aromatic rings. The first-order valence-electron chi connectivity index (χ1n) is 22.6. The summed E-state index contributed by atoms with van der Waals surface area (Å²) in [4.78, 5) is 2.62. The first-order valence-corrected chi connectivity index (χ1v) is 22.6. The van der Waals surface area contributed by atoms with Crippen LogP contribution in [-0.2, 0) is 16.2 Å². The van der Waals surface area contributed by atoms with Crippen molar-refractivity contribution in [1.82, 2.24) is 0 Å². The van der Waals surface area contributed by atoms with Gasteiger partial charge in [-0.25, -0.2) is 0 Å². The molecule has 4 fully saturated rings. The second-order valence-corrected chi connectivity index (χ2v) is 20.4. The summed E-state index contributed by atoms with van der Waals surface area (Å²) in [6.45, 7) is 9.81. The first-order chi connectivity index (χ1) is 28.7. The van der Waals surface area contributed by atoms with Crippen LogP contribution in [0.4, 0.5) is 17.1 Å². The van der Waals surface area contributed by atoms with Crippen molar-refractivity contribution in [2.75, 3.05) is 4.90 Å². The number of hydrogen-bond donors (Lipinski definition) is 0. The molecule has 0 aromatic heterocycles. The summed E-state index contributed by atoms with van der Waals surface area (Å²) in [5.74, 6) is 3.33. The van der Waals surface area contributed by atoms with Crippen molar-refractivity contribution in [2.45, 2.75) is 88.9 Å². The summed E-state index contributed by atoms with van der Waals surface area (Å²) < 4.78 is 0. The molecule has 0 heterocycles. The highest BCUT2D eigenvalue weighted by Gasteiger charge is 2.62. The molecule has 6 aliphatic rings. The van der Waals surface area contributed by atoms with E-state index >= 15 is 0 Å². The van der Waals surface area contributed by atoms with Crippen LogP contribution in [0.25, 0.3) is 44.2 Å². The Bertz CT molecular complexity index is 2760. The first kappa shape index (κ1) is 35.5. The average molecular weight is 766 g/mol. The highest BCUT2D eigenvalue weighted by Crippen LogP contribution is 2.70. The van der Waals surface area contributed by atoms with Crippen LogP contribution < -0.4 is 4.90 Å². The van der Waals surface area contributed by atoms with Gasteiger partial charge in [0.25, 0.3) is 0 Å². The smallest absolute Gasteiger partial charge is 0.0543 e. The van der Waals surface area contributed by atoms with Crippen LogP contribution in [0, 0.1) is 23.7 Å². The molecule has 1 spiro atoms. The predicted molar refractivity (Wildman–Crippen MR) is 248 cm³/mol. The molecular formula is C58H55N. The molecule has 0 radical (unpaired) electrons. The lowest BCUT2D eigenvalue weighted by Crippen LogP contribution is -2.55. The van der Waals surface area contributed by atoms with E-state index in [0.29, 0.717) is 0 Å². The fourth-order valence-electron chi connectivity index (χ4n) is 13.5. The standard InChI is InChI=1S/C58H55N/c1-56(2)27-28-57(3,4)53-36-48(25-26-51(53)56)59(47-23-21-40(22-24-47)42-18-20-43-34-41(17-19-44(43)35-42)39-11-6-5-7-12-39)54-16-10-15-52-55(54)49-13-8-9-14-50(49)58(52)45-30-37-29-38(32-45)33-46(58)31-37/h5-26,34-38,45-46H,27-33H2,1-4H3. The molecule has 4 bridgehead atoms. The number of anilines is 3. The fraction of sp³-hybridized carbons (Fsp3) is 0.310. The van der Waals surface area contributed by atoms with Gasteiger partial charge in [-0.15, -0.1) is 0 Å². The number of benzene rings is 7. The van der Waals surface area contributed by atoms with Crippen molar-refractivity contribution < 1.29 is 0 Å². The highest BCUT2D eigenvalue weighted by molar-refractivity contribution is 5.96. The van der Waals surface area contributed by atoms with Gasteiger partial charge < -0.3 is 4.90 Å². The lowest BCUT2D eigenvalue weighted by molar-refractivity contribution is -0.0399. The third-order valence-electron chi connectivity index (χ3n) is 16.3. The van der Waals surface area contributed by atoms with Gasteiger partial charge in [0.2, 0.25) is 0 Å². The Morgan fingerprint density at radius 2 is 0.983 bits per heavy atom. The summed E-state index contributed by atoms with van der Waals surface area (Å²) in [5.41, 5.74) is 18.4. The second kappa shape index (κ2) is 12.8. The molecule has 0 N–H and O–H groups in total. The Hall–Kier alpha value is -5.40. The normalized spacial score (nSPS) is 25.2. The second-order valence-electron chi connectivity index (χ2n) is 20.4. The van der Waals surface area contributed by atoms with Crippen LogP contribution in [0.3, 0.4) is 0 Å². The van der Waals surface area contributed by atoms with Gasteiger partial charge in [0.05, 0.1) is 5.69 Å². The van der Waals surface area contributed by atoms with Gasteiger partial charge in [0, 0.05) is 22.4 Å². The molecule has 292 valence electrons. The van der Waals surface area contributed by atoms with Gasteiger partial charge in [-0.1, -0.05) is 137 Å². The van der Waals surface area contributed by atoms with Crippen LogP contribution in [0.5, 0.6) is 0 Å². The Labute approximate surface area is 351 Å². The predicted octanol–water partition coefficient (Wildman–Crippen LogP) is 15.7. The van der Waals surface area contributed by atoms with Crippen molar-refractivity contribution in [3.05, 3.63) is 174 Å². The fourth-order valence-corrected chi connectivity index (χ4v) is 13.5. The maximum Gasteiger partial charge on any atom is 0.0543 e. The lowest BCUT2D eigenvalue weighted by Gasteiger charge is -2.61. The van der Waals surface area contributed by atoms with Crippen molar-refractivity contribution in [2.24, 2.45) is 23.7 Å². The van der Waals surface area contributed by atoms with E-state index in [1.807, 2.05) is 0 Å². The van der Waals surface area contributed by atoms with Crippen molar-refractivity contribution in [1.29, 1.82) is 0 Å². The Morgan fingerprint density at radius 1 is 0.424 bits per heavy atom. The van der Waals surface area contributed by atoms with E-state index in [2.05, 4.69) is 184 Å². The van der Waals surface area contributed by atoms with Gasteiger partial charge in [-0.2, -0.15) is 0 Å². The van der Waals surface area contributed by atoms with Gasteiger partial charge in [0.15, 0.2) is 0 Å². The zero-order valence-electron chi connectivity index (χ0n) is 35.1. The topological polar surface area (TPSA) is 3.24 Å². The van der Waals surface area contributed by atoms with E-state index in [1.165, 1.54) is 117 Å². The van der Waals surface area contributed by atoms with E-state index in [0.717, 1.165) is 23.7 Å². The van der Waals surface area contributed by atoms with E-state index in [9.17, 15) is 0 Å². The van der Waals surface area contributed by atoms with E-state index in [-0.39, 0.29) is 16.2 Å². The minimum atomic E-state index is 0.115. The Balaban J connectivity index is 1.01. The van der Waals surface area contributed by atoms with E-state index in [1.54, 1.807) is 11.1 Å². The van der Waals surface area contributed by atoms with E-state index in [4.69, 9.17) is 0 Å². The third-order valence-corrected chi connectivity index (χ3v) is 16.3. The third kappa shape index (κ3) is 5.29. The maximum absolute atomic E-state index is 2.62. The molecule has 6 aliphatic carbocycles. The monoisotopic (exact) mass is 765 g/mol. The Morgan fingerprint density at radius 3 is 1.66 bits per heavy atom. The molecule has 7 aromatic carbocycles. The van der Waals surface area contributed by atoms with Gasteiger partial charge in [0.1, 0.15) is 0 Å². The Kier molecular flexibility index (Phi) is 7.71. The zero-order chi connectivity index (χ0) is 39.7. The maximum atomic E-state index is 2.62. The molecule has 13 rings (SSSR count). The summed E-state index contributed by atoms with van der Waals surface area (Å²) in [6.07, 6.45) is 9.48. The molecular weight excluding hydrogens is 711 g/mol. The van der Waals surface area contributed by atoms with E-state index < -0.39 is 0 Å². The van der Waals surface area contributed by atoms with Crippen molar-refractivity contribution in [3.63, 3.8) is 0 Å². The van der Waals surface area contributed by atoms with Crippen LogP contribution >= 0.6 is 0 Å². The van der Waals surface area contributed by atoms with Gasteiger partial charge in [-0.05, 0) is 183 Å². The van der Waals surface area contributed by atoms with Gasteiger partial charge in [-0.3, -0.25) is 0 Å². The highest BCUT2D eigenvalue weighted by atomic mass is 15.1. The molecule has 0 amide bonds. The van der Waals surface area contributed by atoms with Crippen molar-refractivity contribution in [3.8, 4) is 33.4 Å². The molecule has 0 saturated heterocycles. The molecule has 59 heavy (non-hydrogen) atoms.